The van der Waals surface area contributed by atoms with Gasteiger partial charge in [0, 0.05) is 39.8 Å². The fourth-order valence-electron chi connectivity index (χ4n) is 3.21. The van der Waals surface area contributed by atoms with Gasteiger partial charge in [0.1, 0.15) is 0 Å². The maximum absolute atomic E-state index is 13.1. The van der Waals surface area contributed by atoms with Crippen molar-refractivity contribution >= 4 is 17.6 Å². The molecular formula is C19H25F3N8O2. The normalized spacial score (nSPS) is 14.7. The minimum atomic E-state index is -4.76. The maximum Gasteiger partial charge on any atom is 0.437 e. The molecule has 0 aliphatic carbocycles. The highest BCUT2D eigenvalue weighted by Gasteiger charge is 2.41. The van der Waals surface area contributed by atoms with Gasteiger partial charge in [-0.15, -0.1) is 20.4 Å². The number of nitrogens with zero attached hydrogens (tertiary/aromatic N) is 7. The molecule has 1 fully saturated rings. The zero-order chi connectivity index (χ0) is 23.5. The molecule has 1 aliphatic heterocycles. The second-order valence-corrected chi connectivity index (χ2v) is 7.88. The highest BCUT2D eigenvalue weighted by molar-refractivity contribution is 5.93. The van der Waals surface area contributed by atoms with Gasteiger partial charge in [0.05, 0.1) is 0 Å². The van der Waals surface area contributed by atoms with E-state index in [4.69, 9.17) is 0 Å². The summed E-state index contributed by atoms with van der Waals surface area (Å²) >= 11 is 0. The Morgan fingerprint density at radius 2 is 1.78 bits per heavy atom. The summed E-state index contributed by atoms with van der Waals surface area (Å²) in [5.41, 5.74) is -1.80. The van der Waals surface area contributed by atoms with Crippen molar-refractivity contribution in [3.05, 3.63) is 29.2 Å². The first-order chi connectivity index (χ1) is 15.1. The minimum absolute atomic E-state index is 0.186. The maximum atomic E-state index is 13.1. The molecule has 2 amide bonds. The van der Waals surface area contributed by atoms with Gasteiger partial charge in [-0.2, -0.15) is 18.0 Å². The van der Waals surface area contributed by atoms with Crippen LogP contribution in [-0.2, 0) is 13.2 Å². The predicted molar refractivity (Wildman–Crippen MR) is 108 cm³/mol. The summed E-state index contributed by atoms with van der Waals surface area (Å²) in [6.07, 6.45) is -3.90. The van der Waals surface area contributed by atoms with Gasteiger partial charge in [-0.05, 0) is 24.5 Å². The van der Waals surface area contributed by atoms with Gasteiger partial charge >= 0.3 is 6.18 Å². The number of rotatable bonds is 6. The number of amides is 2. The molecule has 0 spiro atoms. The second kappa shape index (κ2) is 9.49. The summed E-state index contributed by atoms with van der Waals surface area (Å²) in [6.45, 7) is 5.76. The van der Waals surface area contributed by atoms with Crippen molar-refractivity contribution < 1.29 is 22.8 Å². The number of carbonyl (C=O) groups excluding carboxylic acids is 2. The van der Waals surface area contributed by atoms with E-state index in [1.807, 2.05) is 4.90 Å². The molecule has 1 saturated heterocycles. The third-order valence-corrected chi connectivity index (χ3v) is 4.97. The van der Waals surface area contributed by atoms with Gasteiger partial charge in [0.25, 0.3) is 11.8 Å². The molecule has 2 aromatic heterocycles. The number of halogens is 3. The lowest BCUT2D eigenvalue weighted by molar-refractivity contribution is -0.141. The number of hydrogen-bond donors (Lipinski definition) is 1. The molecule has 0 unspecified atom stereocenters. The lowest BCUT2D eigenvalue weighted by Crippen LogP contribution is -2.49. The molecule has 0 atom stereocenters. The summed E-state index contributed by atoms with van der Waals surface area (Å²) in [6, 6.07) is 3.23. The van der Waals surface area contributed by atoms with Crippen LogP contribution in [0.5, 0.6) is 0 Å². The Bertz CT molecular complexity index is 950. The molecule has 0 saturated carbocycles. The van der Waals surface area contributed by atoms with Crippen LogP contribution in [-0.4, -0.2) is 74.6 Å². The smallest absolute Gasteiger partial charge is 0.352 e. The van der Waals surface area contributed by atoms with Crippen molar-refractivity contribution in [3.63, 3.8) is 0 Å². The number of aromatic nitrogens is 5. The van der Waals surface area contributed by atoms with Gasteiger partial charge in [-0.25, -0.2) is 0 Å². The number of alkyl halides is 3. The van der Waals surface area contributed by atoms with Gasteiger partial charge in [-0.1, -0.05) is 13.8 Å². The zero-order valence-corrected chi connectivity index (χ0v) is 18.1. The molecular weight excluding hydrogens is 429 g/mol. The van der Waals surface area contributed by atoms with Gasteiger partial charge in [0.15, 0.2) is 22.9 Å². The van der Waals surface area contributed by atoms with Crippen LogP contribution in [0.3, 0.4) is 0 Å². The Morgan fingerprint density at radius 3 is 2.34 bits per heavy atom. The van der Waals surface area contributed by atoms with E-state index in [1.54, 1.807) is 12.1 Å². The summed E-state index contributed by atoms with van der Waals surface area (Å²) < 4.78 is 39.4. The number of carbonyl (C=O) groups is 2. The highest BCUT2D eigenvalue weighted by Crippen LogP contribution is 2.30. The summed E-state index contributed by atoms with van der Waals surface area (Å²) in [7, 11) is 1.23. The van der Waals surface area contributed by atoms with Crippen LogP contribution in [0.2, 0.25) is 0 Å². The fraction of sp³-hybridized carbons (Fsp3) is 0.579. The molecule has 3 rings (SSSR count). The standard InChI is InChI=1S/C19H25F3N8O2/c1-12(2)6-7-23-17(31)13-4-5-14(25-24-13)29-8-10-30(11-9-29)18(32)15-16(19(20,21)22)27-28(3)26-15/h4-5,12H,6-11H2,1-3H3,(H,23,31). The van der Waals surface area contributed by atoms with Crippen LogP contribution in [0.1, 0.15) is 46.9 Å². The quantitative estimate of drug-likeness (QED) is 0.702. The number of hydrogen-bond acceptors (Lipinski definition) is 7. The van der Waals surface area contributed by atoms with Crippen molar-refractivity contribution in [2.75, 3.05) is 37.6 Å². The average molecular weight is 454 g/mol. The highest BCUT2D eigenvalue weighted by atomic mass is 19.4. The third kappa shape index (κ3) is 5.51. The predicted octanol–water partition coefficient (Wildman–Crippen LogP) is 1.36. The lowest BCUT2D eigenvalue weighted by Gasteiger charge is -2.34. The van der Waals surface area contributed by atoms with Crippen LogP contribution in [0.25, 0.3) is 0 Å². The number of aryl methyl sites for hydroxylation is 1. The van der Waals surface area contributed by atoms with E-state index in [2.05, 4.69) is 39.6 Å². The van der Waals surface area contributed by atoms with Crippen LogP contribution < -0.4 is 10.2 Å². The van der Waals surface area contributed by atoms with E-state index < -0.39 is 23.5 Å². The molecule has 0 bridgehead atoms. The molecule has 1 aliphatic rings. The van der Waals surface area contributed by atoms with Crippen molar-refractivity contribution in [1.82, 2.24) is 35.4 Å². The van der Waals surface area contributed by atoms with Crippen molar-refractivity contribution in [3.8, 4) is 0 Å². The van der Waals surface area contributed by atoms with Gasteiger partial charge in [0.2, 0.25) is 0 Å². The van der Waals surface area contributed by atoms with E-state index in [0.717, 1.165) is 11.2 Å². The molecule has 10 nitrogen and oxygen atoms in total. The topological polar surface area (TPSA) is 109 Å². The molecule has 1 N–H and O–H groups in total. The minimum Gasteiger partial charge on any atom is -0.352 e. The Kier molecular flexibility index (Phi) is 6.94. The second-order valence-electron chi connectivity index (χ2n) is 7.88. The summed E-state index contributed by atoms with van der Waals surface area (Å²) in [5, 5.41) is 17.7. The molecule has 2 aromatic rings. The molecule has 0 radical (unpaired) electrons. The molecule has 0 aromatic carbocycles. The molecule has 3 heterocycles. The van der Waals surface area contributed by atoms with E-state index in [9.17, 15) is 22.8 Å². The fourth-order valence-corrected chi connectivity index (χ4v) is 3.21. The van der Waals surface area contributed by atoms with Crippen LogP contribution in [0.15, 0.2) is 12.1 Å². The van der Waals surface area contributed by atoms with Crippen molar-refractivity contribution in [2.24, 2.45) is 13.0 Å². The van der Waals surface area contributed by atoms with Crippen molar-refractivity contribution in [2.45, 2.75) is 26.4 Å². The van der Waals surface area contributed by atoms with E-state index in [1.165, 1.54) is 11.9 Å². The third-order valence-electron chi connectivity index (χ3n) is 4.97. The van der Waals surface area contributed by atoms with E-state index >= 15 is 0 Å². The van der Waals surface area contributed by atoms with Crippen LogP contribution in [0.4, 0.5) is 19.0 Å². The number of piperazine rings is 1. The lowest BCUT2D eigenvalue weighted by atomic mass is 10.1. The Morgan fingerprint density at radius 1 is 1.09 bits per heavy atom. The van der Waals surface area contributed by atoms with Gasteiger partial charge in [-0.3, -0.25) is 9.59 Å². The van der Waals surface area contributed by atoms with Crippen molar-refractivity contribution in [1.29, 1.82) is 0 Å². The van der Waals surface area contributed by atoms with E-state index in [-0.39, 0.29) is 24.7 Å². The van der Waals surface area contributed by atoms with Crippen LogP contribution >= 0.6 is 0 Å². The summed E-state index contributed by atoms with van der Waals surface area (Å²) in [5.74, 6) is -0.122. The van der Waals surface area contributed by atoms with E-state index in [0.29, 0.717) is 31.4 Å². The largest absolute Gasteiger partial charge is 0.437 e. The first-order valence-electron chi connectivity index (χ1n) is 10.2. The molecule has 174 valence electrons. The Hall–Kier alpha value is -3.25. The zero-order valence-electron chi connectivity index (χ0n) is 18.1. The first-order valence-corrected chi connectivity index (χ1v) is 10.2. The first kappa shape index (κ1) is 23.4. The van der Waals surface area contributed by atoms with Gasteiger partial charge < -0.3 is 15.1 Å². The Balaban J connectivity index is 1.58. The molecule has 13 heteroatoms. The average Bonchev–Trinajstić information content (AvgIpc) is 3.15. The summed E-state index contributed by atoms with van der Waals surface area (Å²) in [4.78, 5) is 28.6. The molecule has 32 heavy (non-hydrogen) atoms. The number of anilines is 1. The number of nitrogens with one attached hydrogen (secondary N) is 1. The van der Waals surface area contributed by atoms with Crippen LogP contribution in [0, 0.1) is 5.92 Å². The monoisotopic (exact) mass is 454 g/mol. The SMILES string of the molecule is CC(C)CCNC(=O)c1ccc(N2CCN(C(=O)c3nn(C)nc3C(F)(F)F)CC2)nn1. The Labute approximate surface area is 182 Å².